The van der Waals surface area contributed by atoms with Crippen molar-refractivity contribution in [1.82, 2.24) is 0 Å². The molecule has 3 heteroatoms. The normalized spacial score (nSPS) is 20.2. The molecule has 2 rings (SSSR count). The highest BCUT2D eigenvalue weighted by Crippen LogP contribution is 2.29. The van der Waals surface area contributed by atoms with Gasteiger partial charge in [-0.1, -0.05) is 6.07 Å². The minimum absolute atomic E-state index is 0. The second-order valence-corrected chi connectivity index (χ2v) is 3.38. The minimum atomic E-state index is 0. The van der Waals surface area contributed by atoms with E-state index in [-0.39, 0.29) is 23.0 Å². The summed E-state index contributed by atoms with van der Waals surface area (Å²) >= 11 is 0. The Hall–Kier alpha value is -0.540. The number of halogens is 1. The van der Waals surface area contributed by atoms with Crippen LogP contribution in [0.5, 0.6) is 5.75 Å². The van der Waals surface area contributed by atoms with E-state index < -0.39 is 0 Å². The van der Waals surface area contributed by atoms with Crippen LogP contribution in [0.4, 0.5) is 0 Å². The summed E-state index contributed by atoms with van der Waals surface area (Å²) in [6, 6.07) is 5.65. The van der Waals surface area contributed by atoms with Gasteiger partial charge in [-0.25, -0.2) is 0 Å². The summed E-state index contributed by atoms with van der Waals surface area (Å²) in [5, 5.41) is 9.23. The van der Waals surface area contributed by atoms with Gasteiger partial charge >= 0.3 is 0 Å². The monoisotopic (exact) mass is 243 g/mol. The van der Waals surface area contributed by atoms with E-state index in [1.807, 2.05) is 12.1 Å². The average Bonchev–Trinajstić information content (AvgIpc) is 2.04. The maximum Gasteiger partial charge on any atom is 0.115 e. The van der Waals surface area contributed by atoms with Crippen LogP contribution in [0.2, 0.25) is 0 Å². The van der Waals surface area contributed by atoms with E-state index in [1.54, 1.807) is 6.07 Å². The molecule has 72 valence electrons. The van der Waals surface area contributed by atoms with E-state index in [1.165, 1.54) is 11.1 Å². The van der Waals surface area contributed by atoms with Crippen LogP contribution in [0, 0.1) is 0 Å². The first-order valence-corrected chi connectivity index (χ1v) is 4.35. The lowest BCUT2D eigenvalue weighted by atomic mass is 9.88. The Morgan fingerprint density at radius 3 is 2.92 bits per heavy atom. The van der Waals surface area contributed by atoms with E-state index in [0.29, 0.717) is 5.75 Å². The summed E-state index contributed by atoms with van der Waals surface area (Å²) in [5.41, 5.74) is 8.34. The summed E-state index contributed by atoms with van der Waals surface area (Å²) in [4.78, 5) is 0. The molecule has 0 heterocycles. The Morgan fingerprint density at radius 2 is 2.15 bits per heavy atom. The van der Waals surface area contributed by atoms with Crippen LogP contribution in [-0.2, 0) is 6.42 Å². The molecule has 0 aliphatic heterocycles. The average molecular weight is 244 g/mol. The van der Waals surface area contributed by atoms with Gasteiger partial charge in [0.25, 0.3) is 0 Å². The van der Waals surface area contributed by atoms with Crippen LogP contribution in [0.25, 0.3) is 0 Å². The van der Waals surface area contributed by atoms with Gasteiger partial charge in [-0.15, -0.1) is 17.0 Å². The topological polar surface area (TPSA) is 46.2 Å². The summed E-state index contributed by atoms with van der Waals surface area (Å²) in [7, 11) is 0. The Balaban J connectivity index is 0.000000845. The first-order chi connectivity index (χ1) is 5.77. The van der Waals surface area contributed by atoms with Crippen LogP contribution in [0.15, 0.2) is 18.2 Å². The molecule has 0 fully saturated rings. The summed E-state index contributed by atoms with van der Waals surface area (Å²) in [6.07, 6.45) is 3.26. The smallest absolute Gasteiger partial charge is 0.115 e. The van der Waals surface area contributed by atoms with Gasteiger partial charge in [0.05, 0.1) is 0 Å². The first-order valence-electron chi connectivity index (χ1n) is 4.35. The molecule has 2 nitrogen and oxygen atoms in total. The zero-order chi connectivity index (χ0) is 8.55. The molecule has 0 spiro atoms. The quantitative estimate of drug-likeness (QED) is 0.735. The van der Waals surface area contributed by atoms with Gasteiger partial charge in [0.15, 0.2) is 0 Å². The third kappa shape index (κ3) is 2.03. The lowest BCUT2D eigenvalue weighted by molar-refractivity contribution is 0.471. The molecular formula is C10H14BrNO. The second-order valence-electron chi connectivity index (χ2n) is 3.38. The highest BCUT2D eigenvalue weighted by molar-refractivity contribution is 8.93. The molecule has 1 aliphatic rings. The minimum Gasteiger partial charge on any atom is -0.508 e. The lowest BCUT2D eigenvalue weighted by Gasteiger charge is -2.21. The second kappa shape index (κ2) is 4.11. The number of benzene rings is 1. The van der Waals surface area contributed by atoms with E-state index in [9.17, 15) is 5.11 Å². The van der Waals surface area contributed by atoms with E-state index in [0.717, 1.165) is 19.3 Å². The molecule has 1 aliphatic carbocycles. The number of nitrogens with two attached hydrogens (primary N) is 1. The molecule has 0 saturated carbocycles. The van der Waals surface area contributed by atoms with Crippen molar-refractivity contribution in [2.24, 2.45) is 5.73 Å². The summed E-state index contributed by atoms with van der Waals surface area (Å²) < 4.78 is 0. The Kier molecular flexibility index (Phi) is 3.33. The molecule has 1 unspecified atom stereocenters. The van der Waals surface area contributed by atoms with Crippen molar-refractivity contribution >= 4 is 17.0 Å². The molecule has 1 aromatic rings. The highest BCUT2D eigenvalue weighted by Gasteiger charge is 2.16. The van der Waals surface area contributed by atoms with Crippen molar-refractivity contribution in [3.63, 3.8) is 0 Å². The molecular weight excluding hydrogens is 230 g/mol. The number of hydrogen-bond donors (Lipinski definition) is 2. The lowest BCUT2D eigenvalue weighted by Crippen LogP contribution is -2.16. The zero-order valence-electron chi connectivity index (χ0n) is 7.36. The number of phenolic OH excluding ortho intramolecular Hbond substituents is 1. The molecule has 3 N–H and O–H groups in total. The van der Waals surface area contributed by atoms with Gasteiger partial charge < -0.3 is 10.8 Å². The van der Waals surface area contributed by atoms with Gasteiger partial charge in [-0.2, -0.15) is 0 Å². The molecule has 0 bridgehead atoms. The van der Waals surface area contributed by atoms with Crippen LogP contribution < -0.4 is 5.73 Å². The molecule has 1 atom stereocenters. The Morgan fingerprint density at radius 1 is 1.38 bits per heavy atom. The number of aromatic hydroxyl groups is 1. The molecule has 1 aromatic carbocycles. The van der Waals surface area contributed by atoms with Crippen molar-refractivity contribution in [3.05, 3.63) is 29.3 Å². The maximum absolute atomic E-state index is 9.23. The van der Waals surface area contributed by atoms with E-state index >= 15 is 0 Å². The fraction of sp³-hybridized carbons (Fsp3) is 0.400. The molecule has 0 radical (unpaired) electrons. The predicted molar refractivity (Wildman–Crippen MR) is 58.3 cm³/mol. The standard InChI is InChI=1S/C10H13NO.BrH/c11-10-3-1-2-7-6-8(12)4-5-9(7)10;/h4-6,10,12H,1-3,11H2;1H. The van der Waals surface area contributed by atoms with E-state index in [4.69, 9.17) is 5.73 Å². The third-order valence-electron chi connectivity index (χ3n) is 2.49. The van der Waals surface area contributed by atoms with Gasteiger partial charge in [0.1, 0.15) is 5.75 Å². The molecule has 13 heavy (non-hydrogen) atoms. The van der Waals surface area contributed by atoms with Gasteiger partial charge in [-0.3, -0.25) is 0 Å². The zero-order valence-corrected chi connectivity index (χ0v) is 9.08. The Labute approximate surface area is 88.5 Å². The molecule has 0 saturated heterocycles. The molecule has 0 amide bonds. The number of fused-ring (bicyclic) bond motifs is 1. The first kappa shape index (κ1) is 10.5. The van der Waals surface area contributed by atoms with Gasteiger partial charge in [0.2, 0.25) is 0 Å². The number of hydrogen-bond acceptors (Lipinski definition) is 2. The van der Waals surface area contributed by atoms with Crippen molar-refractivity contribution in [3.8, 4) is 5.75 Å². The number of aryl methyl sites for hydroxylation is 1. The van der Waals surface area contributed by atoms with Crippen LogP contribution in [0.1, 0.15) is 30.0 Å². The highest BCUT2D eigenvalue weighted by atomic mass is 79.9. The fourth-order valence-corrected chi connectivity index (χ4v) is 1.84. The Bertz CT molecular complexity index is 301. The largest absolute Gasteiger partial charge is 0.508 e. The van der Waals surface area contributed by atoms with Crippen molar-refractivity contribution < 1.29 is 5.11 Å². The summed E-state index contributed by atoms with van der Waals surface area (Å²) in [5.74, 6) is 0.350. The van der Waals surface area contributed by atoms with Crippen LogP contribution >= 0.6 is 17.0 Å². The fourth-order valence-electron chi connectivity index (χ4n) is 1.84. The maximum atomic E-state index is 9.23. The van der Waals surface area contributed by atoms with Crippen LogP contribution in [-0.4, -0.2) is 5.11 Å². The van der Waals surface area contributed by atoms with Crippen molar-refractivity contribution in [2.45, 2.75) is 25.3 Å². The third-order valence-corrected chi connectivity index (χ3v) is 2.49. The summed E-state index contributed by atoms with van der Waals surface area (Å²) in [6.45, 7) is 0. The van der Waals surface area contributed by atoms with Gasteiger partial charge in [-0.05, 0) is 42.5 Å². The van der Waals surface area contributed by atoms with Crippen LogP contribution in [0.3, 0.4) is 0 Å². The molecule has 0 aromatic heterocycles. The predicted octanol–water partition coefficient (Wildman–Crippen LogP) is 2.31. The van der Waals surface area contributed by atoms with Crippen molar-refractivity contribution in [2.75, 3.05) is 0 Å². The number of phenols is 1. The number of rotatable bonds is 0. The van der Waals surface area contributed by atoms with Gasteiger partial charge in [0, 0.05) is 6.04 Å². The SMILES string of the molecule is Br.NC1CCCc2cc(O)ccc21. The van der Waals surface area contributed by atoms with Crippen molar-refractivity contribution in [1.29, 1.82) is 0 Å². The van der Waals surface area contributed by atoms with E-state index in [2.05, 4.69) is 0 Å².